The van der Waals surface area contributed by atoms with Crippen LogP contribution in [0.25, 0.3) is 0 Å². The normalized spacial score (nSPS) is 14.9. The first-order chi connectivity index (χ1) is 9.86. The Labute approximate surface area is 137 Å². The van der Waals surface area contributed by atoms with Crippen LogP contribution in [0.5, 0.6) is 0 Å². The van der Waals surface area contributed by atoms with Gasteiger partial charge in [-0.3, -0.25) is 0 Å². The number of benzene rings is 1. The van der Waals surface area contributed by atoms with Crippen molar-refractivity contribution in [3.8, 4) is 12.3 Å². The van der Waals surface area contributed by atoms with Crippen molar-refractivity contribution in [3.63, 3.8) is 0 Å². The Morgan fingerprint density at radius 2 is 2.14 bits per heavy atom. The van der Waals surface area contributed by atoms with Crippen molar-refractivity contribution in [1.29, 1.82) is 0 Å². The van der Waals surface area contributed by atoms with Crippen molar-refractivity contribution in [2.24, 2.45) is 5.92 Å². The van der Waals surface area contributed by atoms with Crippen LogP contribution < -0.4 is 0 Å². The minimum Gasteiger partial charge on any atom is -0.478 e. The summed E-state index contributed by atoms with van der Waals surface area (Å²) < 4.78 is 27.0. The predicted molar refractivity (Wildman–Crippen MR) is 86.4 cm³/mol. The predicted octanol–water partition coefficient (Wildman–Crippen LogP) is 2.02. The summed E-state index contributed by atoms with van der Waals surface area (Å²) in [6.45, 7) is 0.383. The number of hydrogen-bond acceptors (Lipinski definition) is 3. The molecule has 0 radical (unpaired) electrons. The first kappa shape index (κ1) is 16.3. The molecule has 0 saturated heterocycles. The molecular formula is C14H14INO4S. The second-order valence-electron chi connectivity index (χ2n) is 4.89. The van der Waals surface area contributed by atoms with Gasteiger partial charge in [-0.1, -0.05) is 5.92 Å². The molecule has 0 heterocycles. The van der Waals surface area contributed by atoms with Crippen LogP contribution >= 0.6 is 22.6 Å². The number of nitrogens with zero attached hydrogens (tertiary/aromatic N) is 1. The van der Waals surface area contributed by atoms with Crippen LogP contribution in [-0.2, 0) is 10.0 Å². The molecule has 1 saturated carbocycles. The molecule has 5 nitrogen and oxygen atoms in total. The van der Waals surface area contributed by atoms with E-state index in [0.717, 1.165) is 12.8 Å². The zero-order valence-electron chi connectivity index (χ0n) is 11.1. The highest BCUT2D eigenvalue weighted by Crippen LogP contribution is 2.31. The molecular weight excluding hydrogens is 405 g/mol. The maximum atomic E-state index is 12.6. The maximum absolute atomic E-state index is 12.6. The fourth-order valence-corrected chi connectivity index (χ4v) is 3.94. The number of carbonyl (C=O) groups is 1. The number of aromatic carboxylic acids is 1. The van der Waals surface area contributed by atoms with E-state index in [0.29, 0.717) is 16.0 Å². The lowest BCUT2D eigenvalue weighted by molar-refractivity contribution is 0.0695. The van der Waals surface area contributed by atoms with Crippen molar-refractivity contribution in [3.05, 3.63) is 27.3 Å². The number of hydrogen-bond donors (Lipinski definition) is 1. The summed E-state index contributed by atoms with van der Waals surface area (Å²) in [6, 6.07) is 4.10. The van der Waals surface area contributed by atoms with E-state index in [-0.39, 0.29) is 17.0 Å². The fraction of sp³-hybridized carbons (Fsp3) is 0.357. The van der Waals surface area contributed by atoms with Crippen molar-refractivity contribution in [2.75, 3.05) is 13.1 Å². The molecule has 0 amide bonds. The molecule has 0 unspecified atom stereocenters. The van der Waals surface area contributed by atoms with E-state index in [1.54, 1.807) is 0 Å². The minimum atomic E-state index is -3.77. The first-order valence-corrected chi connectivity index (χ1v) is 8.84. The largest absolute Gasteiger partial charge is 0.478 e. The summed E-state index contributed by atoms with van der Waals surface area (Å²) >= 11 is 1.86. The van der Waals surface area contributed by atoms with E-state index >= 15 is 0 Å². The topological polar surface area (TPSA) is 74.7 Å². The lowest BCUT2D eigenvalue weighted by Crippen LogP contribution is -2.33. The zero-order valence-corrected chi connectivity index (χ0v) is 14.1. The maximum Gasteiger partial charge on any atom is 0.336 e. The summed E-state index contributed by atoms with van der Waals surface area (Å²) in [4.78, 5) is 11.1. The monoisotopic (exact) mass is 419 g/mol. The Bertz CT molecular complexity index is 704. The van der Waals surface area contributed by atoms with Gasteiger partial charge >= 0.3 is 5.97 Å². The van der Waals surface area contributed by atoms with Crippen LogP contribution in [0.1, 0.15) is 23.2 Å². The SMILES string of the molecule is C#CCN(CC1CC1)S(=O)(=O)c1ccc(I)c(C(=O)O)c1. The fourth-order valence-electron chi connectivity index (χ4n) is 1.92. The van der Waals surface area contributed by atoms with E-state index in [1.165, 1.54) is 22.5 Å². The van der Waals surface area contributed by atoms with E-state index in [2.05, 4.69) is 5.92 Å². The molecule has 0 bridgehead atoms. The molecule has 1 N–H and O–H groups in total. The summed E-state index contributed by atoms with van der Waals surface area (Å²) in [5.74, 6) is 1.56. The highest BCUT2D eigenvalue weighted by molar-refractivity contribution is 14.1. The van der Waals surface area contributed by atoms with Crippen molar-refractivity contribution < 1.29 is 18.3 Å². The third kappa shape index (κ3) is 3.75. The van der Waals surface area contributed by atoms with Gasteiger partial charge in [0.15, 0.2) is 0 Å². The van der Waals surface area contributed by atoms with E-state index < -0.39 is 16.0 Å². The number of rotatable bonds is 6. The van der Waals surface area contributed by atoms with E-state index in [9.17, 15) is 13.2 Å². The van der Waals surface area contributed by atoms with Crippen LogP contribution in [0, 0.1) is 21.8 Å². The molecule has 2 rings (SSSR count). The van der Waals surface area contributed by atoms with Gasteiger partial charge in [0.2, 0.25) is 10.0 Å². The number of carboxylic acids is 1. The molecule has 0 aromatic heterocycles. The second kappa shape index (κ2) is 6.34. The molecule has 1 aromatic rings. The van der Waals surface area contributed by atoms with E-state index in [1.807, 2.05) is 22.6 Å². The van der Waals surface area contributed by atoms with Gasteiger partial charge < -0.3 is 5.11 Å². The summed E-state index contributed by atoms with van der Waals surface area (Å²) in [5.41, 5.74) is -0.0243. The standard InChI is InChI=1S/C14H14INO4S/c1-2-7-16(9-10-3-4-10)21(19,20)11-5-6-13(15)12(8-11)14(17)18/h1,5-6,8,10H,3-4,7,9H2,(H,17,18). The van der Waals surface area contributed by atoms with Gasteiger partial charge in [-0.2, -0.15) is 4.31 Å². The van der Waals surface area contributed by atoms with Crippen molar-refractivity contribution >= 4 is 38.6 Å². The third-order valence-corrected chi connectivity index (χ3v) is 5.98. The molecule has 112 valence electrons. The molecule has 1 aliphatic carbocycles. The summed E-state index contributed by atoms with van der Waals surface area (Å²) in [5, 5.41) is 9.11. The van der Waals surface area contributed by atoms with E-state index in [4.69, 9.17) is 11.5 Å². The lowest BCUT2D eigenvalue weighted by Gasteiger charge is -2.20. The Hall–Kier alpha value is -1.11. The van der Waals surface area contributed by atoms with Gasteiger partial charge in [0.25, 0.3) is 0 Å². The Morgan fingerprint density at radius 3 is 2.67 bits per heavy atom. The third-order valence-electron chi connectivity index (χ3n) is 3.23. The van der Waals surface area contributed by atoms with Crippen molar-refractivity contribution in [1.82, 2.24) is 4.31 Å². The molecule has 7 heteroatoms. The van der Waals surface area contributed by atoms with Gasteiger partial charge in [-0.15, -0.1) is 6.42 Å². The van der Waals surface area contributed by atoms with Gasteiger partial charge in [-0.25, -0.2) is 13.2 Å². The van der Waals surface area contributed by atoms with Crippen molar-refractivity contribution in [2.45, 2.75) is 17.7 Å². The Balaban J connectivity index is 2.39. The molecule has 1 aromatic carbocycles. The zero-order chi connectivity index (χ0) is 15.6. The quantitative estimate of drug-likeness (QED) is 0.566. The van der Waals surface area contributed by atoms with Gasteiger partial charge in [0.1, 0.15) is 0 Å². The van der Waals surface area contributed by atoms with Gasteiger partial charge in [0, 0.05) is 10.1 Å². The van der Waals surface area contributed by atoms with Crippen LogP contribution in [0.2, 0.25) is 0 Å². The Morgan fingerprint density at radius 1 is 1.48 bits per heavy atom. The molecule has 1 fully saturated rings. The summed E-state index contributed by atoms with van der Waals surface area (Å²) in [6.07, 6.45) is 7.26. The molecule has 0 atom stereocenters. The molecule has 0 aliphatic heterocycles. The smallest absolute Gasteiger partial charge is 0.336 e. The van der Waals surface area contributed by atoms with Crippen LogP contribution in [0.3, 0.4) is 0 Å². The highest BCUT2D eigenvalue weighted by atomic mass is 127. The molecule has 1 aliphatic rings. The minimum absolute atomic E-state index is 0.00672. The average Bonchev–Trinajstić information content (AvgIpc) is 3.22. The Kier molecular flexibility index (Phi) is 4.91. The number of sulfonamides is 1. The van der Waals surface area contributed by atoms with Crippen LogP contribution in [0.4, 0.5) is 0 Å². The van der Waals surface area contributed by atoms with Crippen LogP contribution in [0.15, 0.2) is 23.1 Å². The number of halogens is 1. The molecule has 0 spiro atoms. The van der Waals surface area contributed by atoms with Gasteiger partial charge in [0.05, 0.1) is 17.0 Å². The number of terminal acetylenes is 1. The molecule has 21 heavy (non-hydrogen) atoms. The average molecular weight is 419 g/mol. The highest BCUT2D eigenvalue weighted by Gasteiger charge is 2.31. The second-order valence-corrected chi connectivity index (χ2v) is 7.99. The summed E-state index contributed by atoms with van der Waals surface area (Å²) in [7, 11) is -3.77. The number of carboxylic acid groups (broad SMARTS) is 1. The lowest BCUT2D eigenvalue weighted by atomic mass is 10.2. The first-order valence-electron chi connectivity index (χ1n) is 6.32. The van der Waals surface area contributed by atoms with Gasteiger partial charge in [-0.05, 0) is 59.5 Å². The van der Waals surface area contributed by atoms with Crippen LogP contribution in [-0.4, -0.2) is 36.9 Å².